The van der Waals surface area contributed by atoms with Crippen molar-refractivity contribution in [3.8, 4) is 0 Å². The van der Waals surface area contributed by atoms with Crippen molar-refractivity contribution in [3.63, 3.8) is 0 Å². The third-order valence-corrected chi connectivity index (χ3v) is 4.54. The van der Waals surface area contributed by atoms with Gasteiger partial charge in [0, 0.05) is 24.1 Å². The monoisotopic (exact) mass is 312 g/mol. The van der Waals surface area contributed by atoms with Gasteiger partial charge in [0.15, 0.2) is 0 Å². The molecule has 0 spiro atoms. The molecular weight excluding hydrogens is 303 g/mol. The number of sulfonamides is 1. The Morgan fingerprint density at radius 2 is 2.11 bits per heavy atom. The highest BCUT2D eigenvalue weighted by Crippen LogP contribution is 2.26. The number of benzene rings is 1. The zero-order valence-corrected chi connectivity index (χ0v) is 11.6. The molecule has 100 valence electrons. The SMILES string of the molecule is CC(CCl)NS(=O)(=O)c1cc([N+](=O)[O-])ccc1Cl. The molecule has 0 aliphatic heterocycles. The molecule has 0 saturated heterocycles. The summed E-state index contributed by atoms with van der Waals surface area (Å²) in [6.45, 7) is 1.57. The zero-order chi connectivity index (χ0) is 13.9. The van der Waals surface area contributed by atoms with Gasteiger partial charge in [-0.1, -0.05) is 11.6 Å². The second kappa shape index (κ2) is 5.83. The molecule has 1 aromatic rings. The Bertz CT molecular complexity index is 562. The van der Waals surface area contributed by atoms with E-state index in [1.807, 2.05) is 0 Å². The van der Waals surface area contributed by atoms with Crippen molar-refractivity contribution < 1.29 is 13.3 Å². The van der Waals surface area contributed by atoms with Crippen LogP contribution in [0, 0.1) is 10.1 Å². The second-order valence-corrected chi connectivity index (χ2v) is 5.95. The highest BCUT2D eigenvalue weighted by atomic mass is 35.5. The van der Waals surface area contributed by atoms with E-state index in [-0.39, 0.29) is 21.5 Å². The van der Waals surface area contributed by atoms with E-state index in [0.717, 1.165) is 12.1 Å². The van der Waals surface area contributed by atoms with Crippen LogP contribution >= 0.6 is 23.2 Å². The Morgan fingerprint density at radius 3 is 2.61 bits per heavy atom. The minimum atomic E-state index is -3.93. The molecule has 0 aromatic heterocycles. The predicted octanol–water partition coefficient (Wildman–Crippen LogP) is 2.15. The third-order valence-electron chi connectivity index (χ3n) is 2.00. The minimum absolute atomic E-state index is 0.0752. The van der Waals surface area contributed by atoms with Gasteiger partial charge < -0.3 is 0 Å². The first-order valence-electron chi connectivity index (χ1n) is 4.80. The molecule has 0 radical (unpaired) electrons. The fourth-order valence-corrected chi connectivity index (χ4v) is 3.10. The maximum Gasteiger partial charge on any atom is 0.270 e. The molecule has 0 aliphatic carbocycles. The van der Waals surface area contributed by atoms with Gasteiger partial charge in [-0.05, 0) is 13.0 Å². The molecule has 6 nitrogen and oxygen atoms in total. The van der Waals surface area contributed by atoms with Crippen LogP contribution in [0.4, 0.5) is 5.69 Å². The summed E-state index contributed by atoms with van der Waals surface area (Å²) < 4.78 is 26.1. The van der Waals surface area contributed by atoms with Crippen LogP contribution in [0.1, 0.15) is 6.92 Å². The van der Waals surface area contributed by atoms with Gasteiger partial charge in [-0.15, -0.1) is 11.6 Å². The van der Waals surface area contributed by atoms with E-state index in [4.69, 9.17) is 23.2 Å². The molecule has 0 fully saturated rings. The lowest BCUT2D eigenvalue weighted by Crippen LogP contribution is -2.33. The Morgan fingerprint density at radius 1 is 1.50 bits per heavy atom. The summed E-state index contributed by atoms with van der Waals surface area (Å²) in [7, 11) is -3.93. The first kappa shape index (κ1) is 15.2. The van der Waals surface area contributed by atoms with Crippen LogP contribution < -0.4 is 4.72 Å². The van der Waals surface area contributed by atoms with Crippen LogP contribution in [0.3, 0.4) is 0 Å². The zero-order valence-electron chi connectivity index (χ0n) is 9.26. The standard InChI is InChI=1S/C9H10Cl2N2O4S/c1-6(5-10)12-18(16,17)9-4-7(13(14)15)2-3-8(9)11/h2-4,6,12H,5H2,1H3. The lowest BCUT2D eigenvalue weighted by atomic mass is 10.3. The fraction of sp³-hybridized carbons (Fsp3) is 0.333. The van der Waals surface area contributed by atoms with Gasteiger partial charge in [0.25, 0.3) is 5.69 Å². The van der Waals surface area contributed by atoms with Crippen LogP contribution in [-0.4, -0.2) is 25.3 Å². The van der Waals surface area contributed by atoms with Crippen LogP contribution in [0.2, 0.25) is 5.02 Å². The molecular formula is C9H10Cl2N2O4S. The summed E-state index contributed by atoms with van der Waals surface area (Å²) in [5, 5.41) is 10.5. The molecule has 0 aliphatic rings. The van der Waals surface area contributed by atoms with Gasteiger partial charge in [0.2, 0.25) is 10.0 Å². The number of nitro groups is 1. The molecule has 1 N–H and O–H groups in total. The summed E-state index contributed by atoms with van der Waals surface area (Å²) in [5.41, 5.74) is -0.349. The summed E-state index contributed by atoms with van der Waals surface area (Å²) in [5.74, 6) is 0.0752. The van der Waals surface area contributed by atoms with Gasteiger partial charge >= 0.3 is 0 Å². The third kappa shape index (κ3) is 3.55. The van der Waals surface area contributed by atoms with Crippen LogP contribution in [0.15, 0.2) is 23.1 Å². The normalized spacial score (nSPS) is 13.3. The predicted molar refractivity (Wildman–Crippen MR) is 68.6 cm³/mol. The Kier molecular flexibility index (Phi) is 4.92. The largest absolute Gasteiger partial charge is 0.270 e. The van der Waals surface area contributed by atoms with E-state index >= 15 is 0 Å². The van der Waals surface area contributed by atoms with Crippen molar-refractivity contribution in [1.82, 2.24) is 4.72 Å². The Hall–Kier alpha value is -0.890. The Balaban J connectivity index is 3.23. The average molecular weight is 313 g/mol. The number of non-ortho nitro benzene ring substituents is 1. The number of nitrogens with one attached hydrogen (secondary N) is 1. The van der Waals surface area contributed by atoms with Crippen LogP contribution in [0.5, 0.6) is 0 Å². The van der Waals surface area contributed by atoms with E-state index in [1.54, 1.807) is 6.92 Å². The van der Waals surface area contributed by atoms with E-state index in [2.05, 4.69) is 4.72 Å². The van der Waals surface area contributed by atoms with E-state index in [9.17, 15) is 18.5 Å². The molecule has 0 bridgehead atoms. The molecule has 0 saturated carbocycles. The van der Waals surface area contributed by atoms with Crippen molar-refractivity contribution in [2.75, 3.05) is 5.88 Å². The molecule has 1 atom stereocenters. The second-order valence-electron chi connectivity index (χ2n) is 3.55. The highest BCUT2D eigenvalue weighted by molar-refractivity contribution is 7.89. The van der Waals surface area contributed by atoms with E-state index in [0.29, 0.717) is 0 Å². The topological polar surface area (TPSA) is 89.3 Å². The van der Waals surface area contributed by atoms with Crippen LogP contribution in [0.25, 0.3) is 0 Å². The first-order chi connectivity index (χ1) is 8.27. The lowest BCUT2D eigenvalue weighted by molar-refractivity contribution is -0.385. The van der Waals surface area contributed by atoms with Crippen LogP contribution in [-0.2, 0) is 10.0 Å². The summed E-state index contributed by atoms with van der Waals surface area (Å²) in [4.78, 5) is 9.56. The molecule has 1 unspecified atom stereocenters. The number of halogens is 2. The highest BCUT2D eigenvalue weighted by Gasteiger charge is 2.23. The fourth-order valence-electron chi connectivity index (χ4n) is 1.17. The number of hydrogen-bond donors (Lipinski definition) is 1. The average Bonchev–Trinajstić information content (AvgIpc) is 2.28. The molecule has 1 rings (SSSR count). The van der Waals surface area contributed by atoms with Crippen molar-refractivity contribution >= 4 is 38.9 Å². The molecule has 18 heavy (non-hydrogen) atoms. The van der Waals surface area contributed by atoms with E-state index < -0.39 is 21.0 Å². The van der Waals surface area contributed by atoms with Gasteiger partial charge in [0.05, 0.1) is 9.95 Å². The molecule has 1 aromatic carbocycles. The van der Waals surface area contributed by atoms with Gasteiger partial charge in [-0.25, -0.2) is 13.1 Å². The summed E-state index contributed by atoms with van der Waals surface area (Å²) >= 11 is 11.2. The summed E-state index contributed by atoms with van der Waals surface area (Å²) in [6, 6.07) is 2.70. The lowest BCUT2D eigenvalue weighted by Gasteiger charge is -2.12. The number of rotatable bonds is 5. The van der Waals surface area contributed by atoms with E-state index in [1.165, 1.54) is 6.07 Å². The quantitative estimate of drug-likeness (QED) is 0.512. The number of nitro benzene ring substituents is 1. The molecule has 9 heteroatoms. The van der Waals surface area contributed by atoms with Gasteiger partial charge in [-0.3, -0.25) is 10.1 Å². The van der Waals surface area contributed by atoms with Crippen molar-refractivity contribution in [2.24, 2.45) is 0 Å². The molecule has 0 heterocycles. The maximum absolute atomic E-state index is 11.9. The van der Waals surface area contributed by atoms with Gasteiger partial charge in [0.1, 0.15) is 4.90 Å². The van der Waals surface area contributed by atoms with Gasteiger partial charge in [-0.2, -0.15) is 0 Å². The smallest absolute Gasteiger partial charge is 0.258 e. The number of hydrogen-bond acceptors (Lipinski definition) is 4. The van der Waals surface area contributed by atoms with Crippen molar-refractivity contribution in [2.45, 2.75) is 17.9 Å². The number of nitrogens with zero attached hydrogens (tertiary/aromatic N) is 1. The Labute approximate surface area is 114 Å². The molecule has 0 amide bonds. The minimum Gasteiger partial charge on any atom is -0.258 e. The van der Waals surface area contributed by atoms with Crippen molar-refractivity contribution in [1.29, 1.82) is 0 Å². The summed E-state index contributed by atoms with van der Waals surface area (Å²) in [6.07, 6.45) is 0. The maximum atomic E-state index is 11.9. The van der Waals surface area contributed by atoms with Crippen molar-refractivity contribution in [3.05, 3.63) is 33.3 Å². The first-order valence-corrected chi connectivity index (χ1v) is 7.19. The number of alkyl halides is 1.